The third-order valence-corrected chi connectivity index (χ3v) is 4.13. The molecule has 1 saturated heterocycles. The number of nitrogens with one attached hydrogen (secondary N) is 2. The fourth-order valence-corrected chi connectivity index (χ4v) is 2.84. The molecule has 0 saturated carbocycles. The van der Waals surface area contributed by atoms with Crippen LogP contribution in [0.4, 0.5) is 0 Å². The molecule has 4 nitrogen and oxygen atoms in total. The van der Waals surface area contributed by atoms with Crippen molar-refractivity contribution in [2.24, 2.45) is 0 Å². The summed E-state index contributed by atoms with van der Waals surface area (Å²) in [6.45, 7) is 7.87. The normalized spacial score (nSPS) is 17.4. The van der Waals surface area contributed by atoms with Gasteiger partial charge in [0.2, 0.25) is 5.91 Å². The summed E-state index contributed by atoms with van der Waals surface area (Å²) < 4.78 is 5.35. The maximum atomic E-state index is 12.3. The van der Waals surface area contributed by atoms with Gasteiger partial charge < -0.3 is 15.0 Å². The van der Waals surface area contributed by atoms with Crippen molar-refractivity contribution in [2.45, 2.75) is 25.7 Å². The highest BCUT2D eigenvalue weighted by molar-refractivity contribution is 5.83. The van der Waals surface area contributed by atoms with Crippen molar-refractivity contribution in [3.05, 3.63) is 35.9 Å². The van der Waals surface area contributed by atoms with Gasteiger partial charge >= 0.3 is 0 Å². The van der Waals surface area contributed by atoms with Crippen LogP contribution in [0.3, 0.4) is 0 Å². The van der Waals surface area contributed by atoms with Gasteiger partial charge in [0.1, 0.15) is 13.1 Å². The van der Waals surface area contributed by atoms with E-state index in [1.807, 2.05) is 30.3 Å². The number of hydrogen-bond donors (Lipinski definition) is 2. The first-order valence-electron chi connectivity index (χ1n) is 8.05. The predicted molar refractivity (Wildman–Crippen MR) is 83.5 cm³/mol. The minimum absolute atomic E-state index is 0.0260. The van der Waals surface area contributed by atoms with E-state index in [-0.39, 0.29) is 11.8 Å². The van der Waals surface area contributed by atoms with Gasteiger partial charge in [-0.3, -0.25) is 4.79 Å². The Kier molecular flexibility index (Phi) is 6.70. The van der Waals surface area contributed by atoms with E-state index in [9.17, 15) is 4.79 Å². The standard InChI is InChI=1S/C17H26N2O2/c1-2-16(15-7-4-3-5-8-15)17(20)18-9-6-10-19-11-13-21-14-12-19/h3-5,7-8,16H,2,6,9-14H2,1H3,(H,18,20)/p+1/t16-/m1/s1. The van der Waals surface area contributed by atoms with Gasteiger partial charge in [-0.05, 0) is 12.0 Å². The fraction of sp³-hybridized carbons (Fsp3) is 0.588. The molecule has 0 bridgehead atoms. The number of ether oxygens (including phenoxy) is 1. The molecule has 0 unspecified atom stereocenters. The van der Waals surface area contributed by atoms with Crippen LogP contribution in [0.25, 0.3) is 0 Å². The molecular formula is C17H27N2O2+. The van der Waals surface area contributed by atoms with Crippen molar-refractivity contribution in [2.75, 3.05) is 39.4 Å². The van der Waals surface area contributed by atoms with Gasteiger partial charge in [0, 0.05) is 13.0 Å². The second kappa shape index (κ2) is 8.80. The predicted octanol–water partition coefficient (Wildman–Crippen LogP) is 0.602. The van der Waals surface area contributed by atoms with Crippen LogP contribution in [0.2, 0.25) is 0 Å². The zero-order chi connectivity index (χ0) is 14.9. The van der Waals surface area contributed by atoms with Crippen LogP contribution in [0.1, 0.15) is 31.2 Å². The molecule has 1 heterocycles. The number of carbonyl (C=O) groups excluding carboxylic acids is 1. The molecule has 1 atom stereocenters. The van der Waals surface area contributed by atoms with Crippen LogP contribution in [0, 0.1) is 0 Å². The summed E-state index contributed by atoms with van der Waals surface area (Å²) in [5.74, 6) is 0.127. The molecule has 1 fully saturated rings. The summed E-state index contributed by atoms with van der Waals surface area (Å²) >= 11 is 0. The summed E-state index contributed by atoms with van der Waals surface area (Å²) in [5, 5.41) is 3.09. The Morgan fingerprint density at radius 3 is 2.67 bits per heavy atom. The minimum Gasteiger partial charge on any atom is -0.370 e. The smallest absolute Gasteiger partial charge is 0.227 e. The number of rotatable bonds is 7. The van der Waals surface area contributed by atoms with Crippen molar-refractivity contribution < 1.29 is 14.4 Å². The number of hydrogen-bond acceptors (Lipinski definition) is 2. The van der Waals surface area contributed by atoms with Crippen molar-refractivity contribution in [1.29, 1.82) is 0 Å². The monoisotopic (exact) mass is 291 g/mol. The largest absolute Gasteiger partial charge is 0.370 e. The summed E-state index contributed by atoms with van der Waals surface area (Å²) in [7, 11) is 0. The first-order chi connectivity index (χ1) is 10.3. The Balaban J connectivity index is 1.70. The molecule has 2 rings (SSSR count). The fourth-order valence-electron chi connectivity index (χ4n) is 2.84. The lowest BCUT2D eigenvalue weighted by atomic mass is 9.96. The van der Waals surface area contributed by atoms with E-state index in [4.69, 9.17) is 4.74 Å². The molecule has 1 aliphatic heterocycles. The summed E-state index contributed by atoms with van der Waals surface area (Å²) in [6, 6.07) is 10.0. The number of carbonyl (C=O) groups is 1. The third kappa shape index (κ3) is 5.14. The van der Waals surface area contributed by atoms with Crippen LogP contribution in [0.5, 0.6) is 0 Å². The van der Waals surface area contributed by atoms with Gasteiger partial charge in [0.05, 0.1) is 25.7 Å². The van der Waals surface area contributed by atoms with Gasteiger partial charge in [-0.15, -0.1) is 0 Å². The topological polar surface area (TPSA) is 42.8 Å². The number of quaternary nitrogens is 1. The highest BCUT2D eigenvalue weighted by Gasteiger charge is 2.18. The quantitative estimate of drug-likeness (QED) is 0.723. The zero-order valence-corrected chi connectivity index (χ0v) is 12.9. The Morgan fingerprint density at radius 1 is 1.29 bits per heavy atom. The molecule has 0 radical (unpaired) electrons. The van der Waals surface area contributed by atoms with Gasteiger partial charge in [0.15, 0.2) is 0 Å². The van der Waals surface area contributed by atoms with Crippen LogP contribution >= 0.6 is 0 Å². The third-order valence-electron chi connectivity index (χ3n) is 4.13. The Labute approximate surface area is 127 Å². The van der Waals surface area contributed by atoms with E-state index in [2.05, 4.69) is 12.2 Å². The highest BCUT2D eigenvalue weighted by Crippen LogP contribution is 2.18. The zero-order valence-electron chi connectivity index (χ0n) is 12.9. The second-order valence-corrected chi connectivity index (χ2v) is 5.63. The van der Waals surface area contributed by atoms with Crippen LogP contribution in [-0.2, 0) is 9.53 Å². The number of morpholine rings is 1. The number of benzene rings is 1. The molecule has 1 aliphatic rings. The van der Waals surface area contributed by atoms with E-state index < -0.39 is 0 Å². The van der Waals surface area contributed by atoms with E-state index in [0.29, 0.717) is 0 Å². The molecule has 4 heteroatoms. The van der Waals surface area contributed by atoms with Crippen molar-refractivity contribution in [3.8, 4) is 0 Å². The molecule has 116 valence electrons. The molecule has 1 aromatic rings. The molecule has 0 aliphatic carbocycles. The molecule has 2 N–H and O–H groups in total. The Morgan fingerprint density at radius 2 is 2.00 bits per heavy atom. The van der Waals surface area contributed by atoms with Crippen molar-refractivity contribution in [3.63, 3.8) is 0 Å². The maximum absolute atomic E-state index is 12.3. The van der Waals surface area contributed by atoms with E-state index in [1.165, 1.54) is 0 Å². The molecular weight excluding hydrogens is 264 g/mol. The highest BCUT2D eigenvalue weighted by atomic mass is 16.5. The van der Waals surface area contributed by atoms with Gasteiger partial charge in [-0.2, -0.15) is 0 Å². The van der Waals surface area contributed by atoms with Gasteiger partial charge in [-0.25, -0.2) is 0 Å². The Hall–Kier alpha value is -1.39. The van der Waals surface area contributed by atoms with Gasteiger partial charge in [-0.1, -0.05) is 37.3 Å². The van der Waals surface area contributed by atoms with E-state index in [0.717, 1.165) is 57.8 Å². The van der Waals surface area contributed by atoms with E-state index >= 15 is 0 Å². The number of amides is 1. The molecule has 1 aromatic carbocycles. The molecule has 1 amide bonds. The average molecular weight is 291 g/mol. The molecule has 0 spiro atoms. The molecule has 21 heavy (non-hydrogen) atoms. The summed E-state index contributed by atoms with van der Waals surface area (Å²) in [4.78, 5) is 13.9. The summed E-state index contributed by atoms with van der Waals surface area (Å²) in [5.41, 5.74) is 1.11. The lowest BCUT2D eigenvalue weighted by Crippen LogP contribution is -3.14. The average Bonchev–Trinajstić information content (AvgIpc) is 2.54. The van der Waals surface area contributed by atoms with E-state index in [1.54, 1.807) is 4.90 Å². The van der Waals surface area contributed by atoms with Crippen molar-refractivity contribution in [1.82, 2.24) is 5.32 Å². The van der Waals surface area contributed by atoms with Crippen molar-refractivity contribution >= 4 is 5.91 Å². The lowest BCUT2D eigenvalue weighted by Gasteiger charge is -2.23. The first kappa shape index (κ1) is 16.0. The van der Waals surface area contributed by atoms with Crippen LogP contribution in [-0.4, -0.2) is 45.3 Å². The lowest BCUT2D eigenvalue weighted by molar-refractivity contribution is -0.908. The minimum atomic E-state index is -0.0260. The van der Waals surface area contributed by atoms with Crippen LogP contribution < -0.4 is 10.2 Å². The Bertz CT molecular complexity index is 416. The maximum Gasteiger partial charge on any atom is 0.227 e. The first-order valence-corrected chi connectivity index (χ1v) is 8.05. The SMILES string of the molecule is CC[C@@H](C(=O)NCCC[NH+]1CCOCC1)c1ccccc1. The summed E-state index contributed by atoms with van der Waals surface area (Å²) in [6.07, 6.45) is 1.87. The molecule has 0 aromatic heterocycles. The second-order valence-electron chi connectivity index (χ2n) is 5.63. The van der Waals surface area contributed by atoms with Crippen LogP contribution in [0.15, 0.2) is 30.3 Å². The van der Waals surface area contributed by atoms with Gasteiger partial charge in [0.25, 0.3) is 0 Å².